The molecule has 0 unspecified atom stereocenters. The summed E-state index contributed by atoms with van der Waals surface area (Å²) in [6.45, 7) is 2.45. The molecule has 2 bridgehead atoms. The third kappa shape index (κ3) is 0.906. The maximum absolute atomic E-state index is 2.62. The molecule has 0 amide bonds. The van der Waals surface area contributed by atoms with Crippen LogP contribution in [0.5, 0.6) is 0 Å². The molecule has 0 spiro atoms. The van der Waals surface area contributed by atoms with Crippen molar-refractivity contribution in [3.05, 3.63) is 0 Å². The van der Waals surface area contributed by atoms with Crippen LogP contribution in [0.15, 0.2) is 0 Å². The summed E-state index contributed by atoms with van der Waals surface area (Å²) >= 11 is 0. The highest BCUT2D eigenvalue weighted by Gasteiger charge is 2.68. The van der Waals surface area contributed by atoms with E-state index < -0.39 is 0 Å². The predicted octanol–water partition coefficient (Wildman–Crippen LogP) is 3.30. The quantitative estimate of drug-likeness (QED) is 0.671. The Morgan fingerprint density at radius 1 is 1.13 bits per heavy atom. The summed E-state index contributed by atoms with van der Waals surface area (Å²) in [6.07, 6.45) is 10.5. The van der Waals surface area contributed by atoms with Gasteiger partial charge in [-0.2, -0.15) is 0 Å². The molecule has 15 heavy (non-hydrogen) atoms. The number of nitrogens with zero attached hydrogens (tertiary/aromatic N) is 1. The molecule has 3 rings (SSSR count). The van der Waals surface area contributed by atoms with Gasteiger partial charge in [0.2, 0.25) is 0 Å². The lowest BCUT2D eigenvalue weighted by atomic mass is 9.61. The fourth-order valence-corrected chi connectivity index (χ4v) is 6.03. The minimum absolute atomic E-state index is 0.602. The Bertz CT molecular complexity index is 273. The van der Waals surface area contributed by atoms with Crippen molar-refractivity contribution in [3.8, 4) is 0 Å². The fourth-order valence-electron chi connectivity index (χ4n) is 6.03. The van der Waals surface area contributed by atoms with Gasteiger partial charge in [-0.3, -0.25) is 0 Å². The zero-order valence-corrected chi connectivity index (χ0v) is 10.6. The van der Waals surface area contributed by atoms with Crippen LogP contribution < -0.4 is 0 Å². The van der Waals surface area contributed by atoms with Crippen molar-refractivity contribution < 1.29 is 0 Å². The lowest BCUT2D eigenvalue weighted by molar-refractivity contribution is -0.0309. The van der Waals surface area contributed by atoms with E-state index in [-0.39, 0.29) is 0 Å². The fraction of sp³-hybridized carbons (Fsp3) is 1.00. The van der Waals surface area contributed by atoms with Gasteiger partial charge < -0.3 is 4.90 Å². The summed E-state index contributed by atoms with van der Waals surface area (Å²) in [5, 5.41) is 0. The summed E-state index contributed by atoms with van der Waals surface area (Å²) < 4.78 is 0. The SMILES string of the molecule is CC[C@@]12CCC[C@]1(N(C)C)[C@H]1CC[C@H]2C1. The molecule has 0 saturated heterocycles. The van der Waals surface area contributed by atoms with Crippen LogP contribution in [0.1, 0.15) is 51.9 Å². The highest BCUT2D eigenvalue weighted by Crippen LogP contribution is 2.71. The molecule has 1 nitrogen and oxygen atoms in total. The normalized spacial score (nSPS) is 52.8. The predicted molar refractivity (Wildman–Crippen MR) is 63.8 cm³/mol. The lowest BCUT2D eigenvalue weighted by Crippen LogP contribution is -2.57. The first-order valence-electron chi connectivity index (χ1n) is 6.85. The largest absolute Gasteiger partial charge is 0.303 e. The van der Waals surface area contributed by atoms with E-state index in [1.165, 1.54) is 38.5 Å². The summed E-state index contributed by atoms with van der Waals surface area (Å²) in [5.74, 6) is 2.09. The minimum Gasteiger partial charge on any atom is -0.303 e. The molecule has 0 heterocycles. The number of hydrogen-bond acceptors (Lipinski definition) is 1. The van der Waals surface area contributed by atoms with Crippen molar-refractivity contribution in [3.63, 3.8) is 0 Å². The highest BCUT2D eigenvalue weighted by atomic mass is 15.2. The van der Waals surface area contributed by atoms with E-state index in [4.69, 9.17) is 0 Å². The van der Waals surface area contributed by atoms with Crippen LogP contribution in [-0.2, 0) is 0 Å². The summed E-state index contributed by atoms with van der Waals surface area (Å²) in [4.78, 5) is 2.62. The van der Waals surface area contributed by atoms with Crippen molar-refractivity contribution in [2.45, 2.75) is 57.4 Å². The second-order valence-electron chi connectivity index (χ2n) is 6.39. The Kier molecular flexibility index (Phi) is 2.03. The van der Waals surface area contributed by atoms with Gasteiger partial charge in [-0.1, -0.05) is 13.3 Å². The molecule has 0 aromatic rings. The molecule has 3 fully saturated rings. The van der Waals surface area contributed by atoms with Gasteiger partial charge in [-0.25, -0.2) is 0 Å². The maximum atomic E-state index is 2.62. The Balaban J connectivity index is 2.09. The molecule has 3 aliphatic rings. The van der Waals surface area contributed by atoms with Gasteiger partial charge in [-0.15, -0.1) is 0 Å². The van der Waals surface area contributed by atoms with Crippen molar-refractivity contribution >= 4 is 0 Å². The van der Waals surface area contributed by atoms with Crippen molar-refractivity contribution in [2.75, 3.05) is 14.1 Å². The smallest absolute Gasteiger partial charge is 0.0290 e. The van der Waals surface area contributed by atoms with E-state index in [1.54, 1.807) is 6.42 Å². The molecule has 86 valence electrons. The number of rotatable bonds is 2. The first kappa shape index (κ1) is 10.1. The second kappa shape index (κ2) is 3.00. The Labute approximate surface area is 94.2 Å². The van der Waals surface area contributed by atoms with Crippen molar-refractivity contribution in [1.29, 1.82) is 0 Å². The van der Waals surface area contributed by atoms with Gasteiger partial charge in [0.1, 0.15) is 0 Å². The maximum Gasteiger partial charge on any atom is 0.0290 e. The minimum atomic E-state index is 0.602. The molecule has 0 radical (unpaired) electrons. The molecule has 0 aromatic heterocycles. The van der Waals surface area contributed by atoms with Crippen LogP contribution in [0.25, 0.3) is 0 Å². The molecule has 0 N–H and O–H groups in total. The molecular weight excluding hydrogens is 182 g/mol. The van der Waals surface area contributed by atoms with Gasteiger partial charge >= 0.3 is 0 Å². The van der Waals surface area contributed by atoms with Gasteiger partial charge in [0.25, 0.3) is 0 Å². The van der Waals surface area contributed by atoms with Crippen LogP contribution in [0.3, 0.4) is 0 Å². The summed E-state index contributed by atoms with van der Waals surface area (Å²) in [7, 11) is 4.69. The molecule has 0 aliphatic heterocycles. The zero-order chi connectivity index (χ0) is 10.7. The van der Waals surface area contributed by atoms with Crippen LogP contribution in [-0.4, -0.2) is 24.5 Å². The van der Waals surface area contributed by atoms with Gasteiger partial charge in [-0.05, 0) is 69.9 Å². The third-order valence-corrected chi connectivity index (χ3v) is 6.36. The van der Waals surface area contributed by atoms with E-state index >= 15 is 0 Å². The summed E-state index contributed by atoms with van der Waals surface area (Å²) in [6, 6.07) is 0. The van der Waals surface area contributed by atoms with Crippen LogP contribution in [0.4, 0.5) is 0 Å². The van der Waals surface area contributed by atoms with E-state index in [1.807, 2.05) is 0 Å². The average molecular weight is 207 g/mol. The van der Waals surface area contributed by atoms with E-state index in [0.29, 0.717) is 11.0 Å². The Morgan fingerprint density at radius 2 is 1.87 bits per heavy atom. The lowest BCUT2D eigenvalue weighted by Gasteiger charge is -2.53. The zero-order valence-electron chi connectivity index (χ0n) is 10.6. The first-order valence-corrected chi connectivity index (χ1v) is 6.85. The van der Waals surface area contributed by atoms with Gasteiger partial charge in [0, 0.05) is 5.54 Å². The summed E-state index contributed by atoms with van der Waals surface area (Å²) in [5.41, 5.74) is 1.31. The van der Waals surface area contributed by atoms with Crippen molar-refractivity contribution in [1.82, 2.24) is 4.90 Å². The van der Waals surface area contributed by atoms with Crippen molar-refractivity contribution in [2.24, 2.45) is 17.3 Å². The van der Waals surface area contributed by atoms with Gasteiger partial charge in [0.05, 0.1) is 0 Å². The molecule has 3 aliphatic carbocycles. The highest BCUT2D eigenvalue weighted by molar-refractivity contribution is 5.21. The molecule has 4 atom stereocenters. The van der Waals surface area contributed by atoms with Crippen LogP contribution in [0, 0.1) is 17.3 Å². The second-order valence-corrected chi connectivity index (χ2v) is 6.39. The molecule has 1 heteroatoms. The molecular formula is C14H25N. The van der Waals surface area contributed by atoms with Gasteiger partial charge in [0.15, 0.2) is 0 Å². The van der Waals surface area contributed by atoms with Crippen LogP contribution in [0.2, 0.25) is 0 Å². The third-order valence-electron chi connectivity index (χ3n) is 6.36. The first-order chi connectivity index (χ1) is 7.17. The number of hydrogen-bond donors (Lipinski definition) is 0. The molecule has 3 saturated carbocycles. The Morgan fingerprint density at radius 3 is 2.47 bits per heavy atom. The standard InChI is InChI=1S/C14H25N/c1-4-13-8-5-9-14(13,15(2)3)12-7-6-11(13)10-12/h11-12H,4-10H2,1-3H3/t11-,12-,13-,14-/m0/s1. The molecule has 0 aromatic carbocycles. The monoisotopic (exact) mass is 207 g/mol. The van der Waals surface area contributed by atoms with E-state index in [0.717, 1.165) is 11.8 Å². The average Bonchev–Trinajstić information content (AvgIpc) is 2.88. The Hall–Kier alpha value is -0.0400. The topological polar surface area (TPSA) is 3.24 Å². The van der Waals surface area contributed by atoms with Crippen LogP contribution >= 0.6 is 0 Å². The van der Waals surface area contributed by atoms with E-state index in [9.17, 15) is 0 Å². The number of fused-ring (bicyclic) bond motifs is 5. The van der Waals surface area contributed by atoms with E-state index in [2.05, 4.69) is 25.9 Å².